The minimum Gasteiger partial charge on any atom is -0.508 e. The Morgan fingerprint density at radius 1 is 1.53 bits per heavy atom. The molecule has 80 valence electrons. The van der Waals surface area contributed by atoms with Crippen molar-refractivity contribution >= 4 is 17.6 Å². The van der Waals surface area contributed by atoms with E-state index in [9.17, 15) is 9.90 Å². The van der Waals surface area contributed by atoms with Gasteiger partial charge in [-0.15, -0.1) is 0 Å². The lowest BCUT2D eigenvalue weighted by atomic mass is 9.93. The molecule has 2 N–H and O–H groups in total. The van der Waals surface area contributed by atoms with Gasteiger partial charge in [0.05, 0.1) is 5.92 Å². The third-order valence-electron chi connectivity index (χ3n) is 2.35. The fraction of sp³-hybridized carbons (Fsp3) is 0.300. The summed E-state index contributed by atoms with van der Waals surface area (Å²) in [5.74, 6) is -1.23. The molecule has 0 saturated carbocycles. The van der Waals surface area contributed by atoms with Gasteiger partial charge < -0.3 is 14.9 Å². The number of carboxylic acids is 1. The molecule has 15 heavy (non-hydrogen) atoms. The second-order valence-electron chi connectivity index (χ2n) is 3.38. The largest absolute Gasteiger partial charge is 0.508 e. The summed E-state index contributed by atoms with van der Waals surface area (Å²) in [6.07, 6.45) is 0.231. The number of rotatable bonds is 1. The predicted molar refractivity (Wildman–Crippen MR) is 53.4 cm³/mol. The van der Waals surface area contributed by atoms with Gasteiger partial charge in [0.1, 0.15) is 11.5 Å². The van der Waals surface area contributed by atoms with Gasteiger partial charge in [0.2, 0.25) is 0 Å². The molecule has 1 aliphatic rings. The highest BCUT2D eigenvalue weighted by Crippen LogP contribution is 2.39. The highest BCUT2D eigenvalue weighted by atomic mass is 35.5. The normalized spacial score (nSPS) is 24.1. The van der Waals surface area contributed by atoms with Crippen molar-refractivity contribution in [1.29, 1.82) is 0 Å². The molecule has 0 amide bonds. The maximum absolute atomic E-state index is 11.0. The molecule has 0 fully saturated rings. The summed E-state index contributed by atoms with van der Waals surface area (Å²) in [4.78, 5) is 11.0. The van der Waals surface area contributed by atoms with E-state index < -0.39 is 17.5 Å². The summed E-state index contributed by atoms with van der Waals surface area (Å²) in [7, 11) is 0. The topological polar surface area (TPSA) is 66.8 Å². The van der Waals surface area contributed by atoms with Crippen LogP contribution in [0.2, 0.25) is 0 Å². The maximum atomic E-state index is 11.0. The average molecular weight is 229 g/mol. The molecule has 1 aliphatic heterocycles. The van der Waals surface area contributed by atoms with Gasteiger partial charge in [-0.05, 0) is 6.07 Å². The number of phenols is 1. The van der Waals surface area contributed by atoms with E-state index >= 15 is 0 Å². The van der Waals surface area contributed by atoms with E-state index in [2.05, 4.69) is 0 Å². The third-order valence-corrected chi connectivity index (χ3v) is 2.61. The van der Waals surface area contributed by atoms with Crippen LogP contribution in [0.3, 0.4) is 0 Å². The number of ether oxygens (including phenoxy) is 1. The number of halogens is 1. The Balaban J connectivity index is 2.46. The molecule has 2 atom stereocenters. The quantitative estimate of drug-likeness (QED) is 0.721. The van der Waals surface area contributed by atoms with Crippen molar-refractivity contribution in [3.63, 3.8) is 0 Å². The lowest BCUT2D eigenvalue weighted by Gasteiger charge is -2.26. The Morgan fingerprint density at radius 2 is 2.27 bits per heavy atom. The van der Waals surface area contributed by atoms with Crippen LogP contribution >= 0.6 is 11.6 Å². The summed E-state index contributed by atoms with van der Waals surface area (Å²) in [6, 6.07) is 4.36. The molecule has 0 aromatic heterocycles. The SMILES string of the molecule is O=C(O)C1CC(Cl)Oc2cc(O)ccc21. The lowest BCUT2D eigenvalue weighted by molar-refractivity contribution is -0.139. The third kappa shape index (κ3) is 1.85. The van der Waals surface area contributed by atoms with Crippen LogP contribution in [0.5, 0.6) is 11.5 Å². The zero-order chi connectivity index (χ0) is 11.0. The van der Waals surface area contributed by atoms with E-state index in [0.717, 1.165) is 0 Å². The number of benzene rings is 1. The van der Waals surface area contributed by atoms with Crippen LogP contribution in [0.25, 0.3) is 0 Å². The number of alkyl halides is 1. The van der Waals surface area contributed by atoms with Gasteiger partial charge in [0, 0.05) is 18.1 Å². The number of carbonyl (C=O) groups is 1. The van der Waals surface area contributed by atoms with Gasteiger partial charge in [-0.25, -0.2) is 0 Å². The van der Waals surface area contributed by atoms with Crippen molar-refractivity contribution in [2.75, 3.05) is 0 Å². The van der Waals surface area contributed by atoms with Gasteiger partial charge >= 0.3 is 5.97 Å². The molecule has 4 nitrogen and oxygen atoms in total. The Bertz CT molecular complexity index is 404. The zero-order valence-electron chi connectivity index (χ0n) is 7.68. The van der Waals surface area contributed by atoms with Crippen molar-refractivity contribution in [1.82, 2.24) is 0 Å². The van der Waals surface area contributed by atoms with E-state index in [0.29, 0.717) is 11.3 Å². The van der Waals surface area contributed by atoms with E-state index in [1.54, 1.807) is 6.07 Å². The lowest BCUT2D eigenvalue weighted by Crippen LogP contribution is -2.25. The summed E-state index contributed by atoms with van der Waals surface area (Å²) in [5.41, 5.74) is -0.113. The van der Waals surface area contributed by atoms with Gasteiger partial charge in [-0.2, -0.15) is 0 Å². The van der Waals surface area contributed by atoms with E-state index in [-0.39, 0.29) is 12.2 Å². The fourth-order valence-electron chi connectivity index (χ4n) is 1.64. The van der Waals surface area contributed by atoms with E-state index in [1.807, 2.05) is 0 Å². The van der Waals surface area contributed by atoms with Crippen LogP contribution in [0.1, 0.15) is 17.9 Å². The van der Waals surface area contributed by atoms with Crippen LogP contribution in [0.4, 0.5) is 0 Å². The molecule has 0 bridgehead atoms. The smallest absolute Gasteiger partial charge is 0.311 e. The molecule has 1 heterocycles. The van der Waals surface area contributed by atoms with Crippen molar-refractivity contribution in [2.24, 2.45) is 0 Å². The number of carboxylic acid groups (broad SMARTS) is 1. The molecule has 0 radical (unpaired) electrons. The predicted octanol–water partition coefficient (Wildman–Crippen LogP) is 1.91. The summed E-state index contributed by atoms with van der Waals surface area (Å²) >= 11 is 5.77. The number of aliphatic carboxylic acids is 1. The van der Waals surface area contributed by atoms with Crippen LogP contribution in [0, 0.1) is 0 Å². The minimum atomic E-state index is -0.934. The minimum absolute atomic E-state index is 0.0312. The highest BCUT2D eigenvalue weighted by molar-refractivity contribution is 6.20. The second kappa shape index (κ2) is 3.62. The first-order valence-corrected chi connectivity index (χ1v) is 4.88. The molecule has 0 saturated heterocycles. The molecule has 0 spiro atoms. The van der Waals surface area contributed by atoms with Gasteiger partial charge in [0.25, 0.3) is 0 Å². The summed E-state index contributed by atoms with van der Waals surface area (Å²) in [6.45, 7) is 0. The van der Waals surface area contributed by atoms with Crippen LogP contribution < -0.4 is 4.74 Å². The van der Waals surface area contributed by atoms with E-state index in [4.69, 9.17) is 21.4 Å². The number of fused-ring (bicyclic) bond motifs is 1. The van der Waals surface area contributed by atoms with Crippen molar-refractivity contribution < 1.29 is 19.7 Å². The van der Waals surface area contributed by atoms with Crippen molar-refractivity contribution in [2.45, 2.75) is 17.9 Å². The Hall–Kier alpha value is -1.42. The monoisotopic (exact) mass is 228 g/mol. The Labute approximate surface area is 91.1 Å². The zero-order valence-corrected chi connectivity index (χ0v) is 8.44. The maximum Gasteiger partial charge on any atom is 0.311 e. The first kappa shape index (κ1) is 10.1. The molecular weight excluding hydrogens is 220 g/mol. The first-order chi connectivity index (χ1) is 7.08. The van der Waals surface area contributed by atoms with Crippen molar-refractivity contribution in [3.05, 3.63) is 23.8 Å². The molecule has 1 aromatic rings. The van der Waals surface area contributed by atoms with Crippen LogP contribution in [-0.2, 0) is 4.79 Å². The van der Waals surface area contributed by atoms with Gasteiger partial charge in [-0.3, -0.25) is 4.79 Å². The standard InChI is InChI=1S/C10H9ClO4/c11-9-4-7(10(13)14)6-2-1-5(12)3-8(6)15-9/h1-3,7,9,12H,4H2,(H,13,14). The second-order valence-corrected chi connectivity index (χ2v) is 3.86. The average Bonchev–Trinajstić information content (AvgIpc) is 2.15. The van der Waals surface area contributed by atoms with Crippen molar-refractivity contribution in [3.8, 4) is 11.5 Å². The molecule has 2 rings (SSSR count). The van der Waals surface area contributed by atoms with Crippen LogP contribution in [0.15, 0.2) is 18.2 Å². The number of hydrogen-bond acceptors (Lipinski definition) is 3. The molecule has 0 aliphatic carbocycles. The van der Waals surface area contributed by atoms with Crippen LogP contribution in [-0.4, -0.2) is 21.7 Å². The fourth-order valence-corrected chi connectivity index (χ4v) is 1.92. The summed E-state index contributed by atoms with van der Waals surface area (Å²) < 4.78 is 5.24. The Kier molecular flexibility index (Phi) is 2.44. The molecule has 1 aromatic carbocycles. The molecule has 2 unspecified atom stereocenters. The van der Waals surface area contributed by atoms with E-state index in [1.165, 1.54) is 12.1 Å². The number of aromatic hydroxyl groups is 1. The molecular formula is C10H9ClO4. The van der Waals surface area contributed by atoms with Gasteiger partial charge in [-0.1, -0.05) is 17.7 Å². The number of hydrogen-bond donors (Lipinski definition) is 2. The highest BCUT2D eigenvalue weighted by Gasteiger charge is 2.32. The Morgan fingerprint density at radius 3 is 2.93 bits per heavy atom. The summed E-state index contributed by atoms with van der Waals surface area (Å²) in [5, 5.41) is 18.2. The first-order valence-electron chi connectivity index (χ1n) is 4.44. The van der Waals surface area contributed by atoms with Gasteiger partial charge in [0.15, 0.2) is 5.56 Å². The molecule has 5 heteroatoms. The number of phenolic OH excluding ortho intramolecular Hbond substituents is 1.